The molecule has 0 spiro atoms. The summed E-state index contributed by atoms with van der Waals surface area (Å²) < 4.78 is 14.3. The Morgan fingerprint density at radius 2 is 1.72 bits per heavy atom. The Labute approximate surface area is 186 Å². The van der Waals surface area contributed by atoms with Gasteiger partial charge in [-0.2, -0.15) is 0 Å². The minimum Gasteiger partial charge on any atom is -0.321 e. The molecule has 0 saturated heterocycles. The van der Waals surface area contributed by atoms with Crippen LogP contribution >= 0.6 is 11.3 Å². The first-order valence-electron chi connectivity index (χ1n) is 9.72. The molecule has 0 aliphatic rings. The van der Waals surface area contributed by atoms with Crippen LogP contribution in [0.2, 0.25) is 0 Å². The molecule has 2 amide bonds. The molecule has 0 aliphatic carbocycles. The summed E-state index contributed by atoms with van der Waals surface area (Å²) in [6, 6.07) is 12.0. The van der Waals surface area contributed by atoms with Gasteiger partial charge in [0.1, 0.15) is 16.4 Å². The van der Waals surface area contributed by atoms with Crippen LogP contribution in [0.4, 0.5) is 15.8 Å². The van der Waals surface area contributed by atoms with E-state index in [1.807, 2.05) is 26.0 Å². The van der Waals surface area contributed by atoms with E-state index in [-0.39, 0.29) is 15.5 Å². The lowest BCUT2D eigenvalue weighted by Gasteiger charge is -2.11. The average Bonchev–Trinajstić information content (AvgIpc) is 3.13. The van der Waals surface area contributed by atoms with Crippen LogP contribution in [0.3, 0.4) is 0 Å². The third-order valence-electron chi connectivity index (χ3n) is 5.02. The van der Waals surface area contributed by atoms with E-state index in [0.29, 0.717) is 17.1 Å². The van der Waals surface area contributed by atoms with Crippen LogP contribution in [0.15, 0.2) is 53.3 Å². The third-order valence-corrected chi connectivity index (χ3v) is 6.06. The zero-order valence-corrected chi connectivity index (χ0v) is 18.3. The van der Waals surface area contributed by atoms with Gasteiger partial charge in [0.05, 0.1) is 0 Å². The van der Waals surface area contributed by atoms with Gasteiger partial charge in [0, 0.05) is 23.1 Å². The van der Waals surface area contributed by atoms with Crippen molar-refractivity contribution in [1.29, 1.82) is 0 Å². The summed E-state index contributed by atoms with van der Waals surface area (Å²) in [6.07, 6.45) is 0. The van der Waals surface area contributed by atoms with Crippen LogP contribution in [-0.2, 0) is 0 Å². The first kappa shape index (κ1) is 21.4. The van der Waals surface area contributed by atoms with Crippen molar-refractivity contribution in [2.75, 3.05) is 10.6 Å². The number of amides is 2. The van der Waals surface area contributed by atoms with Gasteiger partial charge in [-0.25, -0.2) is 13.8 Å². The molecule has 0 bridgehead atoms. The number of nitrogens with one attached hydrogen (secondary N) is 2. The van der Waals surface area contributed by atoms with E-state index >= 15 is 0 Å². The lowest BCUT2D eigenvalue weighted by atomic mass is 10.1. The highest BCUT2D eigenvalue weighted by Gasteiger charge is 2.26. The monoisotopic (exact) mass is 450 g/mol. The van der Waals surface area contributed by atoms with Gasteiger partial charge in [0.25, 0.3) is 17.4 Å². The highest BCUT2D eigenvalue weighted by molar-refractivity contribution is 7.19. The Bertz CT molecular complexity index is 1420. The summed E-state index contributed by atoms with van der Waals surface area (Å²) in [6.45, 7) is 5.47. The number of hydrogen-bond acceptors (Lipinski definition) is 5. The van der Waals surface area contributed by atoms with Crippen molar-refractivity contribution in [3.63, 3.8) is 0 Å². The molecule has 9 heteroatoms. The number of carbonyl (C=O) groups excluding carboxylic acids is 2. The molecular formula is C23H19FN4O3S. The summed E-state index contributed by atoms with van der Waals surface area (Å²) in [4.78, 5) is 43.6. The molecule has 0 unspecified atom stereocenters. The molecule has 4 rings (SSSR count). The van der Waals surface area contributed by atoms with E-state index in [1.54, 1.807) is 13.0 Å². The Morgan fingerprint density at radius 1 is 1.00 bits per heavy atom. The predicted octanol–water partition coefficient (Wildman–Crippen LogP) is 4.32. The molecular weight excluding hydrogens is 431 g/mol. The van der Waals surface area contributed by atoms with Crippen LogP contribution in [-0.4, -0.2) is 21.2 Å². The van der Waals surface area contributed by atoms with Crippen LogP contribution in [0, 0.1) is 26.6 Å². The average molecular weight is 450 g/mol. The van der Waals surface area contributed by atoms with Crippen molar-refractivity contribution in [3.8, 4) is 0 Å². The van der Waals surface area contributed by atoms with Gasteiger partial charge in [-0.05, 0) is 62.2 Å². The van der Waals surface area contributed by atoms with Crippen molar-refractivity contribution in [2.45, 2.75) is 20.8 Å². The third kappa shape index (κ3) is 4.02. The molecule has 2 aromatic heterocycles. The topological polar surface area (TPSA) is 92.6 Å². The van der Waals surface area contributed by atoms with Gasteiger partial charge in [0.15, 0.2) is 4.96 Å². The number of aromatic nitrogens is 2. The fourth-order valence-corrected chi connectivity index (χ4v) is 4.30. The summed E-state index contributed by atoms with van der Waals surface area (Å²) in [7, 11) is 0. The van der Waals surface area contributed by atoms with E-state index in [4.69, 9.17) is 0 Å². The maximum Gasteiger partial charge on any atom is 0.274 e. The number of nitrogens with zero attached hydrogens (tertiary/aromatic N) is 2. The van der Waals surface area contributed by atoms with Crippen LogP contribution in [0.5, 0.6) is 0 Å². The van der Waals surface area contributed by atoms with Gasteiger partial charge in [-0.15, -0.1) is 0 Å². The number of carbonyl (C=O) groups is 2. The lowest BCUT2D eigenvalue weighted by molar-refractivity contribution is 0.0989. The van der Waals surface area contributed by atoms with Crippen molar-refractivity contribution in [2.24, 2.45) is 0 Å². The zero-order chi connectivity index (χ0) is 23.0. The Morgan fingerprint density at radius 3 is 2.44 bits per heavy atom. The molecule has 7 nitrogen and oxygen atoms in total. The van der Waals surface area contributed by atoms with E-state index in [9.17, 15) is 18.8 Å². The zero-order valence-electron chi connectivity index (χ0n) is 17.5. The number of rotatable bonds is 4. The number of halogens is 1. The largest absolute Gasteiger partial charge is 0.321 e. The van der Waals surface area contributed by atoms with Crippen LogP contribution in [0.25, 0.3) is 4.96 Å². The molecule has 32 heavy (non-hydrogen) atoms. The SMILES string of the molecule is Cc1cc(=O)n2c(C(=O)Nc3ccc(F)cc3)c(C(=O)Nc3cccc(C)c3C)sc2n1. The quantitative estimate of drug-likeness (QED) is 0.484. The van der Waals surface area contributed by atoms with Gasteiger partial charge < -0.3 is 10.6 Å². The Kier molecular flexibility index (Phi) is 5.58. The second-order valence-electron chi connectivity index (χ2n) is 7.30. The maximum absolute atomic E-state index is 13.2. The van der Waals surface area contributed by atoms with Crippen molar-refractivity contribution in [3.05, 3.63) is 92.1 Å². The predicted molar refractivity (Wildman–Crippen MR) is 122 cm³/mol. The molecule has 0 saturated carbocycles. The number of hydrogen-bond donors (Lipinski definition) is 2. The van der Waals surface area contributed by atoms with E-state index in [0.717, 1.165) is 26.9 Å². The van der Waals surface area contributed by atoms with Crippen LogP contribution < -0.4 is 16.2 Å². The Hall–Kier alpha value is -3.85. The minimum absolute atomic E-state index is 0.0423. The van der Waals surface area contributed by atoms with Gasteiger partial charge in [-0.3, -0.25) is 14.4 Å². The fraction of sp³-hybridized carbons (Fsp3) is 0.130. The molecule has 4 aromatic rings. The first-order valence-corrected chi connectivity index (χ1v) is 10.5. The molecule has 2 heterocycles. The number of anilines is 2. The van der Waals surface area contributed by atoms with Gasteiger partial charge >= 0.3 is 0 Å². The normalized spacial score (nSPS) is 10.9. The smallest absolute Gasteiger partial charge is 0.274 e. The molecule has 0 aliphatic heterocycles. The number of fused-ring (bicyclic) bond motifs is 1. The molecule has 0 atom stereocenters. The highest BCUT2D eigenvalue weighted by Crippen LogP contribution is 2.25. The second kappa shape index (κ2) is 8.35. The molecule has 2 N–H and O–H groups in total. The van der Waals surface area contributed by atoms with Gasteiger partial charge in [0.2, 0.25) is 0 Å². The van der Waals surface area contributed by atoms with Crippen LogP contribution in [0.1, 0.15) is 37.0 Å². The van der Waals surface area contributed by atoms with E-state index in [2.05, 4.69) is 15.6 Å². The number of aryl methyl sites for hydroxylation is 2. The second-order valence-corrected chi connectivity index (χ2v) is 8.27. The standard InChI is InChI=1S/C23H19FN4O3S/c1-12-5-4-6-17(14(12)3)27-22(31)20-19(21(30)26-16-9-7-15(24)8-10-16)28-18(29)11-13(2)25-23(28)32-20/h4-11H,1-3H3,(H,26,30)(H,27,31). The van der Waals surface area contributed by atoms with E-state index in [1.165, 1.54) is 30.3 Å². The van der Waals surface area contributed by atoms with Crippen molar-refractivity contribution >= 4 is 39.5 Å². The lowest BCUT2D eigenvalue weighted by Crippen LogP contribution is -2.25. The molecule has 162 valence electrons. The maximum atomic E-state index is 13.2. The summed E-state index contributed by atoms with van der Waals surface area (Å²) in [5, 5.41) is 5.45. The molecule has 0 radical (unpaired) electrons. The highest BCUT2D eigenvalue weighted by atomic mass is 32.1. The summed E-state index contributed by atoms with van der Waals surface area (Å²) >= 11 is 0.950. The summed E-state index contributed by atoms with van der Waals surface area (Å²) in [5.74, 6) is -1.66. The Balaban J connectivity index is 1.81. The van der Waals surface area contributed by atoms with Crippen molar-refractivity contribution < 1.29 is 14.0 Å². The minimum atomic E-state index is -0.679. The molecule has 0 fully saturated rings. The fourth-order valence-electron chi connectivity index (χ4n) is 3.23. The first-order chi connectivity index (χ1) is 15.2. The number of thiazole rings is 1. The molecule has 2 aromatic carbocycles. The number of benzene rings is 2. The van der Waals surface area contributed by atoms with E-state index < -0.39 is 23.2 Å². The van der Waals surface area contributed by atoms with Crippen molar-refractivity contribution in [1.82, 2.24) is 9.38 Å². The van der Waals surface area contributed by atoms with Gasteiger partial charge in [-0.1, -0.05) is 23.5 Å². The summed E-state index contributed by atoms with van der Waals surface area (Å²) in [5.41, 5.74) is 2.70.